The Labute approximate surface area is 99.6 Å². The van der Waals surface area contributed by atoms with Crippen LogP contribution in [0.15, 0.2) is 0 Å². The minimum atomic E-state index is -4.19. The molecule has 2 nitrogen and oxygen atoms in total. The van der Waals surface area contributed by atoms with Crippen LogP contribution in [0.3, 0.4) is 0 Å². The van der Waals surface area contributed by atoms with Gasteiger partial charge in [-0.15, -0.1) is 0 Å². The number of halogens is 3. The fourth-order valence-corrected chi connectivity index (χ4v) is 2.58. The lowest BCUT2D eigenvalue weighted by Crippen LogP contribution is -2.51. The lowest BCUT2D eigenvalue weighted by atomic mass is 9.94. The van der Waals surface area contributed by atoms with Gasteiger partial charge in [0.25, 0.3) is 0 Å². The van der Waals surface area contributed by atoms with Gasteiger partial charge >= 0.3 is 6.18 Å². The molecule has 0 bridgehead atoms. The van der Waals surface area contributed by atoms with Gasteiger partial charge in [-0.25, -0.2) is 0 Å². The number of alkyl halides is 3. The van der Waals surface area contributed by atoms with Gasteiger partial charge in [0.2, 0.25) is 0 Å². The maximum absolute atomic E-state index is 12.7. The normalized spacial score (nSPS) is 27.5. The van der Waals surface area contributed by atoms with Crippen LogP contribution >= 0.6 is 0 Å². The molecule has 100 valence electrons. The van der Waals surface area contributed by atoms with Gasteiger partial charge in [0.1, 0.15) is 5.54 Å². The van der Waals surface area contributed by atoms with Crippen molar-refractivity contribution in [2.24, 2.45) is 0 Å². The van der Waals surface area contributed by atoms with Crippen molar-refractivity contribution in [1.82, 2.24) is 5.32 Å². The fourth-order valence-electron chi connectivity index (χ4n) is 2.58. The highest BCUT2D eigenvalue weighted by Gasteiger charge is 2.63. The summed E-state index contributed by atoms with van der Waals surface area (Å²) in [5.41, 5.74) is -2.63. The second kappa shape index (κ2) is 4.43. The van der Waals surface area contributed by atoms with E-state index < -0.39 is 17.3 Å². The topological polar surface area (TPSA) is 32.3 Å². The second-order valence-electron chi connectivity index (χ2n) is 5.57. The van der Waals surface area contributed by atoms with Gasteiger partial charge in [0.15, 0.2) is 0 Å². The van der Waals surface area contributed by atoms with E-state index >= 15 is 0 Å². The van der Waals surface area contributed by atoms with Crippen LogP contribution < -0.4 is 5.32 Å². The molecule has 0 spiro atoms. The molecule has 2 rings (SSSR count). The van der Waals surface area contributed by atoms with Crippen LogP contribution in [0.5, 0.6) is 0 Å². The summed E-state index contributed by atoms with van der Waals surface area (Å²) in [6.45, 7) is 0.0759. The number of β-amino-alcohol motifs (C(OH)–C–C–N with tert-alkyl or cyclic N) is 1. The Morgan fingerprint density at radius 1 is 0.941 bits per heavy atom. The molecule has 0 amide bonds. The van der Waals surface area contributed by atoms with Crippen molar-refractivity contribution in [3.8, 4) is 0 Å². The molecule has 2 aliphatic rings. The first-order valence-corrected chi connectivity index (χ1v) is 6.41. The Balaban J connectivity index is 1.89. The Morgan fingerprint density at radius 2 is 1.47 bits per heavy atom. The van der Waals surface area contributed by atoms with Crippen molar-refractivity contribution < 1.29 is 18.3 Å². The van der Waals surface area contributed by atoms with Gasteiger partial charge in [0.05, 0.1) is 5.60 Å². The Morgan fingerprint density at radius 3 is 1.88 bits per heavy atom. The van der Waals surface area contributed by atoms with E-state index in [0.717, 1.165) is 25.7 Å². The summed E-state index contributed by atoms with van der Waals surface area (Å²) in [4.78, 5) is 0. The molecule has 0 radical (unpaired) electrons. The SMILES string of the molecule is OC1(CNC2(C(F)(F)F)CC2)CCCCCC1. The van der Waals surface area contributed by atoms with Gasteiger partial charge in [-0.1, -0.05) is 25.7 Å². The minimum Gasteiger partial charge on any atom is -0.389 e. The van der Waals surface area contributed by atoms with Crippen molar-refractivity contribution in [1.29, 1.82) is 0 Å². The smallest absolute Gasteiger partial charge is 0.389 e. The Hall–Kier alpha value is -0.290. The maximum atomic E-state index is 12.7. The molecule has 0 aromatic heterocycles. The van der Waals surface area contributed by atoms with Crippen LogP contribution in [0.2, 0.25) is 0 Å². The van der Waals surface area contributed by atoms with Gasteiger partial charge in [-0.05, 0) is 25.7 Å². The first kappa shape index (κ1) is 13.1. The molecule has 0 heterocycles. The summed E-state index contributed by atoms with van der Waals surface area (Å²) in [7, 11) is 0. The third-order valence-electron chi connectivity index (χ3n) is 4.08. The largest absolute Gasteiger partial charge is 0.406 e. The summed E-state index contributed by atoms with van der Waals surface area (Å²) in [6.07, 6.45) is 1.32. The van der Waals surface area contributed by atoms with Crippen LogP contribution in [0, 0.1) is 0 Å². The van der Waals surface area contributed by atoms with E-state index in [1.165, 1.54) is 0 Å². The quantitative estimate of drug-likeness (QED) is 0.756. The third-order valence-corrected chi connectivity index (χ3v) is 4.08. The summed E-state index contributed by atoms with van der Waals surface area (Å²) in [5, 5.41) is 12.9. The van der Waals surface area contributed by atoms with E-state index in [-0.39, 0.29) is 19.4 Å². The third kappa shape index (κ3) is 2.94. The van der Waals surface area contributed by atoms with Crippen molar-refractivity contribution in [3.63, 3.8) is 0 Å². The van der Waals surface area contributed by atoms with Gasteiger partial charge in [-0.2, -0.15) is 13.2 Å². The van der Waals surface area contributed by atoms with Gasteiger partial charge in [-0.3, -0.25) is 0 Å². The molecule has 17 heavy (non-hydrogen) atoms. The number of rotatable bonds is 3. The van der Waals surface area contributed by atoms with Gasteiger partial charge < -0.3 is 10.4 Å². The summed E-state index contributed by atoms with van der Waals surface area (Å²) in [5.74, 6) is 0. The van der Waals surface area contributed by atoms with Crippen LogP contribution in [-0.2, 0) is 0 Å². The lowest BCUT2D eigenvalue weighted by Gasteiger charge is -2.30. The highest BCUT2D eigenvalue weighted by molar-refractivity contribution is 5.08. The molecular weight excluding hydrogens is 231 g/mol. The van der Waals surface area contributed by atoms with E-state index in [0.29, 0.717) is 12.8 Å². The van der Waals surface area contributed by atoms with Crippen molar-refractivity contribution in [3.05, 3.63) is 0 Å². The molecule has 0 atom stereocenters. The first-order valence-electron chi connectivity index (χ1n) is 6.41. The van der Waals surface area contributed by atoms with E-state index in [4.69, 9.17) is 0 Å². The predicted molar refractivity (Wildman–Crippen MR) is 58.7 cm³/mol. The van der Waals surface area contributed by atoms with Crippen molar-refractivity contribution in [2.75, 3.05) is 6.54 Å². The summed E-state index contributed by atoms with van der Waals surface area (Å²) in [6, 6.07) is 0. The van der Waals surface area contributed by atoms with Crippen molar-refractivity contribution in [2.45, 2.75) is 68.7 Å². The number of hydrogen-bond donors (Lipinski definition) is 2. The predicted octanol–water partition coefficient (Wildman–Crippen LogP) is 2.76. The molecule has 2 saturated carbocycles. The summed E-state index contributed by atoms with van der Waals surface area (Å²) >= 11 is 0. The molecule has 2 fully saturated rings. The molecule has 2 aliphatic carbocycles. The zero-order valence-electron chi connectivity index (χ0n) is 9.95. The molecule has 2 N–H and O–H groups in total. The van der Waals surface area contributed by atoms with E-state index in [1.807, 2.05) is 0 Å². The van der Waals surface area contributed by atoms with E-state index in [9.17, 15) is 18.3 Å². The highest BCUT2D eigenvalue weighted by atomic mass is 19.4. The highest BCUT2D eigenvalue weighted by Crippen LogP contribution is 2.49. The van der Waals surface area contributed by atoms with Crippen LogP contribution in [0.1, 0.15) is 51.4 Å². The maximum Gasteiger partial charge on any atom is 0.406 e. The second-order valence-corrected chi connectivity index (χ2v) is 5.57. The van der Waals surface area contributed by atoms with Crippen LogP contribution in [0.4, 0.5) is 13.2 Å². The van der Waals surface area contributed by atoms with Crippen LogP contribution in [-0.4, -0.2) is 29.0 Å². The van der Waals surface area contributed by atoms with Crippen LogP contribution in [0.25, 0.3) is 0 Å². The van der Waals surface area contributed by atoms with Crippen molar-refractivity contribution >= 4 is 0 Å². The standard InChI is InChI=1S/C12H20F3NO/c13-12(14,15)11(7-8-11)16-9-10(17)5-3-1-2-4-6-10/h16-17H,1-9H2. The van der Waals surface area contributed by atoms with E-state index in [2.05, 4.69) is 5.32 Å². The lowest BCUT2D eigenvalue weighted by molar-refractivity contribution is -0.168. The molecule has 0 aliphatic heterocycles. The molecule has 0 aromatic rings. The first-order chi connectivity index (χ1) is 7.87. The number of aliphatic hydroxyl groups is 1. The molecule has 0 unspecified atom stereocenters. The molecular formula is C12H20F3NO. The Bertz CT molecular complexity index is 265. The molecule has 0 aromatic carbocycles. The molecule has 5 heteroatoms. The monoisotopic (exact) mass is 251 g/mol. The average molecular weight is 251 g/mol. The number of nitrogens with one attached hydrogen (secondary N) is 1. The number of hydrogen-bond acceptors (Lipinski definition) is 2. The van der Waals surface area contributed by atoms with E-state index in [1.54, 1.807) is 0 Å². The summed E-state index contributed by atoms with van der Waals surface area (Å²) < 4.78 is 38.1. The molecule has 0 saturated heterocycles. The van der Waals surface area contributed by atoms with Gasteiger partial charge in [0, 0.05) is 6.54 Å². The fraction of sp³-hybridized carbons (Fsp3) is 1.00. The minimum absolute atomic E-state index is 0.0759. The average Bonchev–Trinajstić information content (AvgIpc) is 2.99. The Kier molecular flexibility index (Phi) is 3.42. The zero-order chi connectivity index (χ0) is 12.6. The zero-order valence-corrected chi connectivity index (χ0v) is 9.95.